The van der Waals surface area contributed by atoms with Crippen molar-refractivity contribution in [3.63, 3.8) is 0 Å². The molecule has 0 fully saturated rings. The quantitative estimate of drug-likeness (QED) is 0.417. The number of fused-ring (bicyclic) bond motifs is 1. The van der Waals surface area contributed by atoms with Crippen LogP contribution >= 0.6 is 22.9 Å². The van der Waals surface area contributed by atoms with Gasteiger partial charge in [-0.1, -0.05) is 55.0 Å². The van der Waals surface area contributed by atoms with Crippen molar-refractivity contribution in [2.75, 3.05) is 4.72 Å². The molecule has 0 spiro atoms. The van der Waals surface area contributed by atoms with Crippen LogP contribution in [-0.2, 0) is 29.3 Å². The molecule has 0 saturated heterocycles. The summed E-state index contributed by atoms with van der Waals surface area (Å²) in [5, 5.41) is 0.813. The lowest BCUT2D eigenvalue weighted by Gasteiger charge is -2.27. The van der Waals surface area contributed by atoms with E-state index >= 15 is 0 Å². The molecule has 176 valence electrons. The summed E-state index contributed by atoms with van der Waals surface area (Å²) >= 11 is 7.18. The van der Waals surface area contributed by atoms with E-state index in [4.69, 9.17) is 11.6 Å². The molecule has 33 heavy (non-hydrogen) atoms. The summed E-state index contributed by atoms with van der Waals surface area (Å²) < 4.78 is 66.8. The van der Waals surface area contributed by atoms with Crippen LogP contribution in [0.15, 0.2) is 53.4 Å². The smallest absolute Gasteiger partial charge is 0.285 e. The number of sulfonamides is 1. The minimum atomic E-state index is -4.63. The second kappa shape index (κ2) is 8.90. The third-order valence-electron chi connectivity index (χ3n) is 5.37. The van der Waals surface area contributed by atoms with Gasteiger partial charge >= 0.3 is 6.18 Å². The predicted octanol–water partition coefficient (Wildman–Crippen LogP) is 6.33. The monoisotopic (exact) mass is 515 g/mol. The Bertz CT molecular complexity index is 1260. The Hall–Kier alpha value is -2.14. The predicted molar refractivity (Wildman–Crippen MR) is 123 cm³/mol. The first kappa shape index (κ1) is 24.0. The molecule has 5 nitrogen and oxygen atoms in total. The lowest BCUT2D eigenvalue weighted by Crippen LogP contribution is -2.26. The number of nitrogens with one attached hydrogen (secondary N) is 1. The minimum absolute atomic E-state index is 0.0151. The van der Waals surface area contributed by atoms with Crippen LogP contribution in [0.3, 0.4) is 0 Å². The number of halogens is 4. The van der Waals surface area contributed by atoms with Gasteiger partial charge in [-0.2, -0.15) is 13.2 Å². The molecule has 1 aromatic heterocycles. The molecule has 1 aliphatic heterocycles. The van der Waals surface area contributed by atoms with Gasteiger partial charge in [-0.05, 0) is 41.8 Å². The van der Waals surface area contributed by atoms with Crippen LogP contribution in [-0.4, -0.2) is 18.3 Å². The van der Waals surface area contributed by atoms with Crippen molar-refractivity contribution in [3.8, 4) is 0 Å². The Morgan fingerprint density at radius 2 is 1.91 bits per heavy atom. The van der Waals surface area contributed by atoms with E-state index < -0.39 is 26.7 Å². The number of rotatable bonds is 6. The number of aromatic nitrogens is 1. The van der Waals surface area contributed by atoms with Crippen LogP contribution in [0.4, 0.5) is 18.3 Å². The van der Waals surface area contributed by atoms with Gasteiger partial charge in [0.15, 0.2) is 5.13 Å². The largest absolute Gasteiger partial charge is 0.416 e. The maximum atomic E-state index is 13.0. The van der Waals surface area contributed by atoms with Gasteiger partial charge in [0.1, 0.15) is 0 Å². The molecule has 0 saturated carbocycles. The van der Waals surface area contributed by atoms with Gasteiger partial charge in [0, 0.05) is 23.0 Å². The molecular weight excluding hydrogens is 495 g/mol. The molecule has 2 aromatic carbocycles. The van der Waals surface area contributed by atoms with E-state index in [2.05, 4.69) is 28.5 Å². The number of thiazole rings is 1. The second-order valence-electron chi connectivity index (χ2n) is 8.18. The molecule has 2 heterocycles. The van der Waals surface area contributed by atoms with Crippen molar-refractivity contribution >= 4 is 38.1 Å². The number of nitrogens with zero attached hydrogens (tertiary/aromatic N) is 2. The topological polar surface area (TPSA) is 62.3 Å². The molecule has 0 aliphatic carbocycles. The van der Waals surface area contributed by atoms with Gasteiger partial charge < -0.3 is 0 Å². The zero-order valence-corrected chi connectivity index (χ0v) is 20.1. The summed E-state index contributed by atoms with van der Waals surface area (Å²) in [5.74, 6) is 0.216. The van der Waals surface area contributed by atoms with Gasteiger partial charge in [-0.3, -0.25) is 9.62 Å². The first-order chi connectivity index (χ1) is 15.4. The van der Waals surface area contributed by atoms with E-state index in [1.165, 1.54) is 11.3 Å². The fraction of sp³-hybridized carbons (Fsp3) is 0.318. The second-order valence-corrected chi connectivity index (χ2v) is 11.4. The third-order valence-corrected chi connectivity index (χ3v) is 8.06. The highest BCUT2D eigenvalue weighted by Crippen LogP contribution is 2.43. The van der Waals surface area contributed by atoms with Crippen molar-refractivity contribution < 1.29 is 21.6 Å². The molecule has 1 N–H and O–H groups in total. The maximum Gasteiger partial charge on any atom is 0.416 e. The first-order valence-corrected chi connectivity index (χ1v) is 12.8. The van der Waals surface area contributed by atoms with Crippen LogP contribution in [0.1, 0.15) is 41.6 Å². The van der Waals surface area contributed by atoms with E-state index in [0.29, 0.717) is 24.2 Å². The Balaban J connectivity index is 1.55. The van der Waals surface area contributed by atoms with E-state index in [1.54, 1.807) is 0 Å². The van der Waals surface area contributed by atoms with Crippen LogP contribution in [0.25, 0.3) is 0 Å². The molecule has 0 amide bonds. The lowest BCUT2D eigenvalue weighted by molar-refractivity contribution is -0.137. The summed E-state index contributed by atoms with van der Waals surface area (Å²) in [6.45, 7) is 5.43. The summed E-state index contributed by atoms with van der Waals surface area (Å²) in [7, 11) is -4.22. The molecule has 1 atom stereocenters. The van der Waals surface area contributed by atoms with E-state index in [0.717, 1.165) is 34.3 Å². The van der Waals surface area contributed by atoms with Gasteiger partial charge in [-0.15, -0.1) is 0 Å². The Labute approximate surface area is 199 Å². The Morgan fingerprint density at radius 1 is 1.21 bits per heavy atom. The molecular formula is C22H21ClF3N3O2S2. The average Bonchev–Trinajstić information content (AvgIpc) is 3.25. The molecule has 0 bridgehead atoms. The number of alkyl halides is 3. The van der Waals surface area contributed by atoms with Crippen LogP contribution in [0.5, 0.6) is 0 Å². The highest BCUT2D eigenvalue weighted by Gasteiger charge is 2.37. The number of hydrogen-bond acceptors (Lipinski definition) is 5. The lowest BCUT2D eigenvalue weighted by atomic mass is 10.0. The molecule has 1 aliphatic rings. The standard InChI is InChI=1S/C22H21ClF3N3O2S2/c1-13(2)20-19-18(12-29(20)11-14-6-8-16(23)9-7-14)32-21(27-19)28-33(30,31)17-5-3-4-15(10-17)22(24,25)26/h3-10,13,20H,11-12H2,1-2H3,(H,27,28)/t20-/m0/s1. The van der Waals surface area contributed by atoms with E-state index in [9.17, 15) is 21.6 Å². The summed E-state index contributed by atoms with van der Waals surface area (Å²) in [5.41, 5.74) is 0.876. The fourth-order valence-electron chi connectivity index (χ4n) is 3.94. The number of hydrogen-bond donors (Lipinski definition) is 1. The summed E-state index contributed by atoms with van der Waals surface area (Å²) in [6.07, 6.45) is -4.63. The Kier molecular flexibility index (Phi) is 6.47. The van der Waals surface area contributed by atoms with Crippen molar-refractivity contribution in [3.05, 3.63) is 75.3 Å². The van der Waals surface area contributed by atoms with Crippen molar-refractivity contribution in [1.82, 2.24) is 9.88 Å². The Morgan fingerprint density at radius 3 is 2.55 bits per heavy atom. The first-order valence-electron chi connectivity index (χ1n) is 10.1. The van der Waals surface area contributed by atoms with E-state index in [1.807, 2.05) is 24.3 Å². The average molecular weight is 516 g/mol. The van der Waals surface area contributed by atoms with E-state index in [-0.39, 0.29) is 17.1 Å². The van der Waals surface area contributed by atoms with Gasteiger partial charge in [0.05, 0.1) is 22.2 Å². The molecule has 4 rings (SSSR count). The maximum absolute atomic E-state index is 13.0. The van der Waals surface area contributed by atoms with Gasteiger partial charge in [0.25, 0.3) is 10.0 Å². The number of benzene rings is 2. The fourth-order valence-corrected chi connectivity index (χ4v) is 6.37. The van der Waals surface area contributed by atoms with Crippen molar-refractivity contribution in [2.24, 2.45) is 5.92 Å². The normalized spacial score (nSPS) is 16.9. The minimum Gasteiger partial charge on any atom is -0.285 e. The number of anilines is 1. The zero-order chi connectivity index (χ0) is 24.0. The van der Waals surface area contributed by atoms with Gasteiger partial charge in [-0.25, -0.2) is 13.4 Å². The molecule has 3 aromatic rings. The summed E-state index contributed by atoms with van der Waals surface area (Å²) in [4.78, 5) is 7.27. The van der Waals surface area contributed by atoms with Crippen molar-refractivity contribution in [2.45, 2.75) is 44.1 Å². The van der Waals surface area contributed by atoms with Crippen molar-refractivity contribution in [1.29, 1.82) is 0 Å². The molecule has 0 unspecified atom stereocenters. The van der Waals surface area contributed by atoms with Crippen LogP contribution < -0.4 is 4.72 Å². The SMILES string of the molecule is CC(C)[C@H]1c2nc(NS(=O)(=O)c3cccc(C(F)(F)F)c3)sc2CN1Cc1ccc(Cl)cc1. The highest BCUT2D eigenvalue weighted by atomic mass is 35.5. The molecule has 11 heteroatoms. The van der Waals surface area contributed by atoms with Gasteiger partial charge in [0.2, 0.25) is 0 Å². The molecule has 0 radical (unpaired) electrons. The zero-order valence-electron chi connectivity index (χ0n) is 17.7. The third kappa shape index (κ3) is 5.18. The van der Waals surface area contributed by atoms with Crippen LogP contribution in [0, 0.1) is 5.92 Å². The van der Waals surface area contributed by atoms with Crippen LogP contribution in [0.2, 0.25) is 5.02 Å². The summed E-state index contributed by atoms with van der Waals surface area (Å²) in [6, 6.07) is 11.2. The highest BCUT2D eigenvalue weighted by molar-refractivity contribution is 7.93.